The maximum absolute atomic E-state index is 12.0. The number of benzene rings is 1. The van der Waals surface area contributed by atoms with E-state index in [1.54, 1.807) is 0 Å². The SMILES string of the molecule is CN(CCc1ccc(N)cc1)CC(=O)N1CCCC1. The number of nitrogens with two attached hydrogens (primary N) is 1. The minimum Gasteiger partial charge on any atom is -0.399 e. The molecule has 1 amide bonds. The second-order valence-corrected chi connectivity index (χ2v) is 5.32. The molecule has 2 rings (SSSR count). The summed E-state index contributed by atoms with van der Waals surface area (Å²) in [6.07, 6.45) is 3.26. The molecule has 0 unspecified atom stereocenters. The van der Waals surface area contributed by atoms with Crippen molar-refractivity contribution in [1.29, 1.82) is 0 Å². The normalized spacial score (nSPS) is 15.2. The fourth-order valence-corrected chi connectivity index (χ4v) is 2.38. The second-order valence-electron chi connectivity index (χ2n) is 5.32. The lowest BCUT2D eigenvalue weighted by atomic mass is 10.1. The first kappa shape index (κ1) is 13.9. The van der Waals surface area contributed by atoms with Crippen molar-refractivity contribution in [1.82, 2.24) is 9.80 Å². The van der Waals surface area contributed by atoms with Gasteiger partial charge in [-0.05, 0) is 44.0 Å². The van der Waals surface area contributed by atoms with Crippen LogP contribution in [0.5, 0.6) is 0 Å². The molecule has 0 aromatic heterocycles. The number of hydrogen-bond donors (Lipinski definition) is 1. The Kier molecular flexibility index (Phi) is 4.80. The van der Waals surface area contributed by atoms with Gasteiger partial charge in [0.05, 0.1) is 6.54 Å². The number of likely N-dealkylation sites (tertiary alicyclic amines) is 1. The van der Waals surface area contributed by atoms with Crippen LogP contribution in [0.3, 0.4) is 0 Å². The summed E-state index contributed by atoms with van der Waals surface area (Å²) in [6.45, 7) is 3.29. The molecule has 4 heteroatoms. The summed E-state index contributed by atoms with van der Waals surface area (Å²) >= 11 is 0. The molecular formula is C15H23N3O. The standard InChI is InChI=1S/C15H23N3O/c1-17(12-15(19)18-9-2-3-10-18)11-8-13-4-6-14(16)7-5-13/h4-7H,2-3,8-12,16H2,1H3. The highest BCUT2D eigenvalue weighted by Gasteiger charge is 2.18. The highest BCUT2D eigenvalue weighted by Crippen LogP contribution is 2.09. The number of carbonyl (C=O) groups is 1. The number of carbonyl (C=O) groups excluding carboxylic acids is 1. The van der Waals surface area contributed by atoms with Crippen LogP contribution in [0.15, 0.2) is 24.3 Å². The van der Waals surface area contributed by atoms with Crippen molar-refractivity contribution in [3.63, 3.8) is 0 Å². The Hall–Kier alpha value is -1.55. The topological polar surface area (TPSA) is 49.6 Å². The first-order chi connectivity index (χ1) is 9.15. The maximum atomic E-state index is 12.0. The van der Waals surface area contributed by atoms with E-state index in [1.165, 1.54) is 5.56 Å². The highest BCUT2D eigenvalue weighted by atomic mass is 16.2. The van der Waals surface area contributed by atoms with E-state index in [0.29, 0.717) is 6.54 Å². The summed E-state index contributed by atoms with van der Waals surface area (Å²) < 4.78 is 0. The first-order valence-corrected chi connectivity index (χ1v) is 6.96. The van der Waals surface area contributed by atoms with Crippen molar-refractivity contribution in [2.45, 2.75) is 19.3 Å². The van der Waals surface area contributed by atoms with Crippen LogP contribution in [0.1, 0.15) is 18.4 Å². The zero-order valence-electron chi connectivity index (χ0n) is 11.6. The largest absolute Gasteiger partial charge is 0.399 e. The molecule has 0 bridgehead atoms. The lowest BCUT2D eigenvalue weighted by molar-refractivity contribution is -0.131. The zero-order valence-corrected chi connectivity index (χ0v) is 11.6. The third-order valence-corrected chi connectivity index (χ3v) is 3.63. The van der Waals surface area contributed by atoms with Crippen LogP contribution in [0, 0.1) is 0 Å². The molecule has 0 saturated carbocycles. The molecule has 4 nitrogen and oxygen atoms in total. The molecule has 2 N–H and O–H groups in total. The predicted molar refractivity (Wildman–Crippen MR) is 77.9 cm³/mol. The van der Waals surface area contributed by atoms with Gasteiger partial charge in [-0.1, -0.05) is 12.1 Å². The average molecular weight is 261 g/mol. The van der Waals surface area contributed by atoms with Gasteiger partial charge in [0.25, 0.3) is 0 Å². The molecule has 1 aliphatic heterocycles. The van der Waals surface area contributed by atoms with Crippen LogP contribution in [-0.4, -0.2) is 48.9 Å². The summed E-state index contributed by atoms with van der Waals surface area (Å²) in [5, 5.41) is 0. The van der Waals surface area contributed by atoms with Crippen LogP contribution in [0.2, 0.25) is 0 Å². The monoisotopic (exact) mass is 261 g/mol. The molecule has 0 atom stereocenters. The molecular weight excluding hydrogens is 238 g/mol. The molecule has 0 aliphatic carbocycles. The molecule has 1 saturated heterocycles. The molecule has 1 aromatic rings. The van der Waals surface area contributed by atoms with Crippen LogP contribution < -0.4 is 5.73 Å². The molecule has 0 radical (unpaired) electrons. The summed E-state index contributed by atoms with van der Waals surface area (Å²) in [6, 6.07) is 7.94. The summed E-state index contributed by atoms with van der Waals surface area (Å²) in [5.41, 5.74) is 7.71. The molecule has 1 heterocycles. The van der Waals surface area contributed by atoms with Gasteiger partial charge in [-0.15, -0.1) is 0 Å². The molecule has 104 valence electrons. The quantitative estimate of drug-likeness (QED) is 0.814. The summed E-state index contributed by atoms with van der Waals surface area (Å²) in [7, 11) is 2.01. The fourth-order valence-electron chi connectivity index (χ4n) is 2.38. The van der Waals surface area contributed by atoms with Gasteiger partial charge in [-0.3, -0.25) is 9.69 Å². The Balaban J connectivity index is 1.73. The van der Waals surface area contributed by atoms with E-state index in [4.69, 9.17) is 5.73 Å². The van der Waals surface area contributed by atoms with Crippen molar-refractivity contribution < 1.29 is 4.79 Å². The summed E-state index contributed by atoms with van der Waals surface area (Å²) in [4.78, 5) is 16.0. The van der Waals surface area contributed by atoms with Crippen molar-refractivity contribution in [3.8, 4) is 0 Å². The molecule has 1 fully saturated rings. The smallest absolute Gasteiger partial charge is 0.236 e. The lowest BCUT2D eigenvalue weighted by Gasteiger charge is -2.21. The third-order valence-electron chi connectivity index (χ3n) is 3.63. The van der Waals surface area contributed by atoms with Gasteiger partial charge in [0.15, 0.2) is 0 Å². The average Bonchev–Trinajstić information content (AvgIpc) is 2.92. The lowest BCUT2D eigenvalue weighted by Crippen LogP contribution is -2.37. The van der Waals surface area contributed by atoms with Gasteiger partial charge in [0.2, 0.25) is 5.91 Å². The Bertz CT molecular complexity index is 410. The maximum Gasteiger partial charge on any atom is 0.236 e. The highest BCUT2D eigenvalue weighted by molar-refractivity contribution is 5.78. The van der Waals surface area contributed by atoms with Crippen molar-refractivity contribution >= 4 is 11.6 Å². The Morgan fingerprint density at radius 3 is 2.53 bits per heavy atom. The number of nitrogen functional groups attached to an aromatic ring is 1. The number of hydrogen-bond acceptors (Lipinski definition) is 3. The number of anilines is 1. The van der Waals surface area contributed by atoms with Crippen molar-refractivity contribution in [3.05, 3.63) is 29.8 Å². The van der Waals surface area contributed by atoms with Crippen LogP contribution in [0.4, 0.5) is 5.69 Å². The minimum absolute atomic E-state index is 0.261. The number of rotatable bonds is 5. The predicted octanol–water partition coefficient (Wildman–Crippen LogP) is 1.37. The van der Waals surface area contributed by atoms with Crippen molar-refractivity contribution in [2.24, 2.45) is 0 Å². The minimum atomic E-state index is 0.261. The van der Waals surface area contributed by atoms with Gasteiger partial charge in [-0.2, -0.15) is 0 Å². The van der Waals surface area contributed by atoms with Gasteiger partial charge in [-0.25, -0.2) is 0 Å². The molecule has 19 heavy (non-hydrogen) atoms. The summed E-state index contributed by atoms with van der Waals surface area (Å²) in [5.74, 6) is 0.261. The van der Waals surface area contributed by atoms with Gasteiger partial charge in [0.1, 0.15) is 0 Å². The van der Waals surface area contributed by atoms with E-state index < -0.39 is 0 Å². The van der Waals surface area contributed by atoms with E-state index in [2.05, 4.69) is 4.90 Å². The van der Waals surface area contributed by atoms with Crippen LogP contribution in [-0.2, 0) is 11.2 Å². The van der Waals surface area contributed by atoms with Crippen LogP contribution >= 0.6 is 0 Å². The van der Waals surface area contributed by atoms with Gasteiger partial charge < -0.3 is 10.6 Å². The number of amides is 1. The van der Waals surface area contributed by atoms with Crippen LogP contribution in [0.25, 0.3) is 0 Å². The van der Waals surface area contributed by atoms with Gasteiger partial charge in [0, 0.05) is 25.3 Å². The fraction of sp³-hybridized carbons (Fsp3) is 0.533. The Morgan fingerprint density at radius 1 is 1.26 bits per heavy atom. The van der Waals surface area contributed by atoms with E-state index in [0.717, 1.165) is 44.6 Å². The van der Waals surface area contributed by atoms with E-state index in [-0.39, 0.29) is 5.91 Å². The van der Waals surface area contributed by atoms with Gasteiger partial charge >= 0.3 is 0 Å². The Labute approximate surface area is 115 Å². The number of likely N-dealkylation sites (N-methyl/N-ethyl adjacent to an activating group) is 1. The number of nitrogens with zero attached hydrogens (tertiary/aromatic N) is 2. The van der Waals surface area contributed by atoms with E-state index in [1.807, 2.05) is 36.2 Å². The molecule has 1 aliphatic rings. The second kappa shape index (κ2) is 6.57. The first-order valence-electron chi connectivity index (χ1n) is 6.96. The molecule has 0 spiro atoms. The third kappa shape index (κ3) is 4.24. The molecule has 1 aromatic carbocycles. The van der Waals surface area contributed by atoms with Crippen molar-refractivity contribution in [2.75, 3.05) is 39.0 Å². The van der Waals surface area contributed by atoms with E-state index >= 15 is 0 Å². The zero-order chi connectivity index (χ0) is 13.7. The van der Waals surface area contributed by atoms with E-state index in [9.17, 15) is 4.79 Å². The Morgan fingerprint density at radius 2 is 1.89 bits per heavy atom.